The normalized spacial score (nSPS) is 27.2. The third-order valence-corrected chi connectivity index (χ3v) is 19.2. The van der Waals surface area contributed by atoms with Crippen LogP contribution in [0.4, 0.5) is 17.1 Å². The zero-order valence-corrected chi connectivity index (χ0v) is 38.9. The summed E-state index contributed by atoms with van der Waals surface area (Å²) in [6.45, 7) is 25.3. The van der Waals surface area contributed by atoms with Gasteiger partial charge in [0.15, 0.2) is 0 Å². The minimum atomic E-state index is 0.120. The smallest absolute Gasteiger partial charge is 0.259 e. The lowest BCUT2D eigenvalue weighted by Gasteiger charge is -2.52. The molecule has 5 aromatic rings. The molecule has 1 nitrogen and oxygen atoms in total. The van der Waals surface area contributed by atoms with E-state index >= 15 is 0 Å². The highest BCUT2D eigenvalue weighted by Crippen LogP contribution is 2.57. The standard InChI is InChI=1S/C56H68BNS/c1-51(2)20-21-52(3,4)40-31-38(17-18-39(40)51)58-47-29-36(35-14-12-11-13-15-35)16-19-45(47)57(46-32-41-42(33-48(46)58)54(7,8)23-22-53(41,5)6)50-30-37-28-43-44(34-49(37)59-50)56(10)26-24-55(43,9)25-27-56/h16-19,28-35H,11-15,20-27H2,1-10H3. The van der Waals surface area contributed by atoms with Crippen molar-refractivity contribution in [3.63, 3.8) is 0 Å². The second-order valence-electron chi connectivity index (χ2n) is 23.8. The van der Waals surface area contributed by atoms with Gasteiger partial charge in [0.2, 0.25) is 0 Å². The van der Waals surface area contributed by atoms with Crippen molar-refractivity contribution in [3.05, 3.63) is 106 Å². The minimum absolute atomic E-state index is 0.120. The number of rotatable bonds is 3. The second kappa shape index (κ2) is 12.6. The first-order valence-corrected chi connectivity index (χ1v) is 24.6. The SMILES string of the molecule is CC1(C)CCC(C)(C)c2cc(N3c4cc(C5CCCCC5)ccc4B(c4cc5cc6c(cc5s4)C4(C)CCC6(C)CC4)c4cc5c(cc43)C(C)(C)CCC5(C)C)ccc21. The third kappa shape index (κ3) is 5.74. The maximum Gasteiger partial charge on any atom is 0.259 e. The van der Waals surface area contributed by atoms with Gasteiger partial charge in [0.1, 0.15) is 0 Å². The third-order valence-electron chi connectivity index (χ3n) is 18.0. The van der Waals surface area contributed by atoms with Crippen LogP contribution in [0, 0.1) is 0 Å². The average molecular weight is 798 g/mol. The summed E-state index contributed by atoms with van der Waals surface area (Å²) in [5, 5.41) is 1.46. The number of hydrogen-bond donors (Lipinski definition) is 0. The number of fused-ring (bicyclic) bond motifs is 7. The summed E-state index contributed by atoms with van der Waals surface area (Å²) >= 11 is 2.09. The highest BCUT2D eigenvalue weighted by Gasteiger charge is 2.49. The molecule has 2 saturated carbocycles. The van der Waals surface area contributed by atoms with Crippen LogP contribution in [0.2, 0.25) is 0 Å². The van der Waals surface area contributed by atoms with Gasteiger partial charge < -0.3 is 4.90 Å². The van der Waals surface area contributed by atoms with Crippen molar-refractivity contribution in [2.24, 2.45) is 0 Å². The Bertz CT molecular complexity index is 2490. The summed E-state index contributed by atoms with van der Waals surface area (Å²) in [4.78, 5) is 2.76. The molecule has 7 aliphatic rings. The van der Waals surface area contributed by atoms with Gasteiger partial charge in [-0.25, -0.2) is 0 Å². The largest absolute Gasteiger partial charge is 0.311 e. The minimum Gasteiger partial charge on any atom is -0.311 e. The Labute approximate surface area is 360 Å². The Morgan fingerprint density at radius 3 is 1.69 bits per heavy atom. The molecule has 0 amide bonds. The molecule has 1 aromatic heterocycles. The van der Waals surface area contributed by atoms with Gasteiger partial charge in [-0.1, -0.05) is 113 Å². The number of anilines is 3. The van der Waals surface area contributed by atoms with Crippen LogP contribution in [-0.4, -0.2) is 6.71 Å². The van der Waals surface area contributed by atoms with Crippen LogP contribution in [0.3, 0.4) is 0 Å². The summed E-state index contributed by atoms with van der Waals surface area (Å²) in [5.74, 6) is 0.649. The fourth-order valence-electron chi connectivity index (χ4n) is 13.5. The summed E-state index contributed by atoms with van der Waals surface area (Å²) in [6.07, 6.45) is 17.0. The van der Waals surface area contributed by atoms with Crippen molar-refractivity contribution in [3.8, 4) is 0 Å². The molecule has 0 atom stereocenters. The lowest BCUT2D eigenvalue weighted by Crippen LogP contribution is -2.57. The van der Waals surface area contributed by atoms with Crippen LogP contribution in [-0.2, 0) is 32.5 Å². The van der Waals surface area contributed by atoms with Gasteiger partial charge in [0.25, 0.3) is 6.71 Å². The molecule has 1 aliphatic heterocycles. The Kier molecular flexibility index (Phi) is 8.28. The van der Waals surface area contributed by atoms with E-state index in [0.29, 0.717) is 16.7 Å². The fourth-order valence-corrected chi connectivity index (χ4v) is 14.7. The molecule has 12 rings (SSSR count). The van der Waals surface area contributed by atoms with E-state index in [1.165, 1.54) is 126 Å². The van der Waals surface area contributed by atoms with Crippen molar-refractivity contribution in [2.75, 3.05) is 4.90 Å². The Morgan fingerprint density at radius 1 is 0.492 bits per heavy atom. The van der Waals surface area contributed by atoms with E-state index < -0.39 is 0 Å². The lowest BCUT2D eigenvalue weighted by atomic mass is 9.37. The van der Waals surface area contributed by atoms with Crippen LogP contribution in [0.1, 0.15) is 198 Å². The first-order chi connectivity index (χ1) is 27.9. The molecule has 2 bridgehead atoms. The molecule has 0 N–H and O–H groups in total. The Hall–Kier alpha value is -3.30. The monoisotopic (exact) mass is 798 g/mol. The van der Waals surface area contributed by atoms with Crippen LogP contribution in [0.5, 0.6) is 0 Å². The van der Waals surface area contributed by atoms with Crippen molar-refractivity contribution in [1.29, 1.82) is 0 Å². The summed E-state index contributed by atoms with van der Waals surface area (Å²) in [7, 11) is 0. The van der Waals surface area contributed by atoms with E-state index in [2.05, 4.69) is 152 Å². The van der Waals surface area contributed by atoms with E-state index in [4.69, 9.17) is 0 Å². The number of hydrogen-bond acceptors (Lipinski definition) is 2. The van der Waals surface area contributed by atoms with Gasteiger partial charge in [-0.15, -0.1) is 11.3 Å². The van der Waals surface area contributed by atoms with Crippen molar-refractivity contribution < 1.29 is 0 Å². The molecular formula is C56H68BNS. The van der Waals surface area contributed by atoms with E-state index in [1.807, 2.05) is 0 Å². The number of benzene rings is 4. The van der Waals surface area contributed by atoms with E-state index in [1.54, 1.807) is 38.9 Å². The summed E-state index contributed by atoms with van der Waals surface area (Å²) < 4.78 is 3.00. The molecule has 2 heterocycles. The van der Waals surface area contributed by atoms with Crippen LogP contribution in [0.15, 0.2) is 66.7 Å². The zero-order chi connectivity index (χ0) is 41.1. The highest BCUT2D eigenvalue weighted by atomic mass is 32.1. The van der Waals surface area contributed by atoms with E-state index in [9.17, 15) is 0 Å². The first kappa shape index (κ1) is 38.6. The molecule has 6 aliphatic carbocycles. The van der Waals surface area contributed by atoms with Crippen LogP contribution >= 0.6 is 11.3 Å². The predicted molar refractivity (Wildman–Crippen MR) is 257 cm³/mol. The lowest BCUT2D eigenvalue weighted by molar-refractivity contribution is 0.188. The molecule has 59 heavy (non-hydrogen) atoms. The van der Waals surface area contributed by atoms with Gasteiger partial charge in [-0.05, 0) is 205 Å². The molecular weight excluding hydrogens is 730 g/mol. The fraction of sp³-hybridized carbons (Fsp3) is 0.536. The molecule has 4 aromatic carbocycles. The van der Waals surface area contributed by atoms with Crippen molar-refractivity contribution in [1.82, 2.24) is 0 Å². The molecule has 0 saturated heterocycles. The molecule has 3 heteroatoms. The Morgan fingerprint density at radius 2 is 1.05 bits per heavy atom. The maximum atomic E-state index is 2.76. The van der Waals surface area contributed by atoms with Gasteiger partial charge in [-0.2, -0.15) is 0 Å². The summed E-state index contributed by atoms with van der Waals surface area (Å²) in [6, 6.07) is 28.9. The molecule has 0 spiro atoms. The van der Waals surface area contributed by atoms with Crippen molar-refractivity contribution in [2.45, 2.75) is 191 Å². The van der Waals surface area contributed by atoms with E-state index in [0.717, 1.165) is 0 Å². The van der Waals surface area contributed by atoms with Gasteiger partial charge >= 0.3 is 0 Å². The molecule has 2 fully saturated rings. The van der Waals surface area contributed by atoms with E-state index in [-0.39, 0.29) is 28.4 Å². The number of thiophene rings is 1. The first-order valence-electron chi connectivity index (χ1n) is 23.7. The highest BCUT2D eigenvalue weighted by molar-refractivity contribution is 7.32. The molecule has 0 radical (unpaired) electrons. The van der Waals surface area contributed by atoms with Crippen molar-refractivity contribution >= 4 is 60.9 Å². The van der Waals surface area contributed by atoms with Gasteiger partial charge in [0.05, 0.1) is 0 Å². The maximum absolute atomic E-state index is 2.76. The Balaban J connectivity index is 1.18. The average Bonchev–Trinajstić information content (AvgIpc) is 3.63. The topological polar surface area (TPSA) is 3.24 Å². The zero-order valence-electron chi connectivity index (χ0n) is 38.1. The molecule has 0 unspecified atom stereocenters. The van der Waals surface area contributed by atoms with Crippen LogP contribution < -0.4 is 20.6 Å². The van der Waals surface area contributed by atoms with Gasteiger partial charge in [0, 0.05) is 21.8 Å². The second-order valence-corrected chi connectivity index (χ2v) is 25.0. The molecule has 306 valence electrons. The quantitative estimate of drug-likeness (QED) is 0.161. The van der Waals surface area contributed by atoms with Crippen LogP contribution in [0.25, 0.3) is 10.1 Å². The number of nitrogens with zero attached hydrogens (tertiary/aromatic N) is 1. The summed E-state index contributed by atoms with van der Waals surface area (Å²) in [5.41, 5.74) is 19.4. The van der Waals surface area contributed by atoms with Gasteiger partial charge in [-0.3, -0.25) is 0 Å². The predicted octanol–water partition coefficient (Wildman–Crippen LogP) is 14.0.